The minimum Gasteiger partial charge on any atom is -0.309 e. The number of benzene rings is 2. The summed E-state index contributed by atoms with van der Waals surface area (Å²) < 4.78 is 39.7. The third-order valence-corrected chi connectivity index (χ3v) is 4.30. The predicted molar refractivity (Wildman–Crippen MR) is 93.2 cm³/mol. The second kappa shape index (κ2) is 8.12. The molecule has 0 aromatic heterocycles. The molecule has 2 N–H and O–H groups in total. The van der Waals surface area contributed by atoms with Gasteiger partial charge in [-0.05, 0) is 29.8 Å². The number of carbonyl (C=O) groups is 3. The van der Waals surface area contributed by atoms with Gasteiger partial charge in [0.2, 0.25) is 17.7 Å². The smallest absolute Gasteiger partial charge is 0.243 e. The molecule has 6 nitrogen and oxygen atoms in total. The van der Waals surface area contributed by atoms with E-state index in [0.717, 1.165) is 17.0 Å². The molecule has 2 aromatic rings. The Kier molecular flexibility index (Phi) is 5.62. The Balaban J connectivity index is 1.54. The lowest BCUT2D eigenvalue weighted by molar-refractivity contribution is -0.131. The van der Waals surface area contributed by atoms with Crippen LogP contribution in [0.4, 0.5) is 18.9 Å². The summed E-state index contributed by atoms with van der Waals surface area (Å²) >= 11 is 0. The van der Waals surface area contributed by atoms with Crippen molar-refractivity contribution >= 4 is 23.4 Å². The molecule has 1 heterocycles. The average Bonchev–Trinajstić information content (AvgIpc) is 3.03. The standard InChI is InChI=1S/C19H16F3N3O3/c20-13-3-1-11(2-4-13)7-17(26)23-24-19(28)12-8-18(27)25(10-12)16-6-5-14(21)9-15(16)22/h1-6,9,12H,7-8,10H2,(H,23,26)(H,24,28). The third kappa shape index (κ3) is 4.48. The maximum Gasteiger partial charge on any atom is 0.243 e. The van der Waals surface area contributed by atoms with Crippen LogP contribution in [0.5, 0.6) is 0 Å². The number of hydrogen-bond donors (Lipinski definition) is 2. The van der Waals surface area contributed by atoms with Gasteiger partial charge in [-0.2, -0.15) is 0 Å². The predicted octanol–water partition coefficient (Wildman–Crippen LogP) is 1.85. The third-order valence-electron chi connectivity index (χ3n) is 4.30. The molecular weight excluding hydrogens is 375 g/mol. The SMILES string of the molecule is O=C(Cc1ccc(F)cc1)NNC(=O)C1CC(=O)N(c2ccc(F)cc2F)C1. The molecule has 9 heteroatoms. The largest absolute Gasteiger partial charge is 0.309 e. The van der Waals surface area contributed by atoms with Crippen molar-refractivity contribution in [3.63, 3.8) is 0 Å². The lowest BCUT2D eigenvalue weighted by Gasteiger charge is -2.17. The molecule has 0 saturated carbocycles. The van der Waals surface area contributed by atoms with Crippen LogP contribution < -0.4 is 15.8 Å². The fraction of sp³-hybridized carbons (Fsp3) is 0.211. The molecule has 3 amide bonds. The number of amides is 3. The van der Waals surface area contributed by atoms with Crippen LogP contribution in [0.15, 0.2) is 42.5 Å². The number of halogens is 3. The van der Waals surface area contributed by atoms with Crippen molar-refractivity contribution < 1.29 is 27.6 Å². The second-order valence-corrected chi connectivity index (χ2v) is 6.34. The van der Waals surface area contributed by atoms with E-state index >= 15 is 0 Å². The number of hydrogen-bond acceptors (Lipinski definition) is 3. The van der Waals surface area contributed by atoms with Crippen LogP contribution >= 0.6 is 0 Å². The Morgan fingerprint density at radius 1 is 1.00 bits per heavy atom. The molecule has 146 valence electrons. The van der Waals surface area contributed by atoms with Crippen LogP contribution in [0.2, 0.25) is 0 Å². The van der Waals surface area contributed by atoms with Gasteiger partial charge in [-0.1, -0.05) is 12.1 Å². The average molecular weight is 391 g/mol. The summed E-state index contributed by atoms with van der Waals surface area (Å²) in [4.78, 5) is 37.2. The van der Waals surface area contributed by atoms with Gasteiger partial charge < -0.3 is 4.90 Å². The molecule has 0 bridgehead atoms. The number of anilines is 1. The Hall–Kier alpha value is -3.36. The maximum atomic E-state index is 13.9. The topological polar surface area (TPSA) is 78.5 Å². The van der Waals surface area contributed by atoms with Gasteiger partial charge in [0.05, 0.1) is 18.0 Å². The summed E-state index contributed by atoms with van der Waals surface area (Å²) in [5, 5.41) is 0. The fourth-order valence-electron chi connectivity index (χ4n) is 2.88. The van der Waals surface area contributed by atoms with Crippen molar-refractivity contribution in [2.24, 2.45) is 5.92 Å². The molecule has 1 atom stereocenters. The van der Waals surface area contributed by atoms with Crippen molar-refractivity contribution in [2.75, 3.05) is 11.4 Å². The lowest BCUT2D eigenvalue weighted by Crippen LogP contribution is -2.45. The zero-order valence-corrected chi connectivity index (χ0v) is 14.5. The minimum atomic E-state index is -0.901. The van der Waals surface area contributed by atoms with Gasteiger partial charge in [0, 0.05) is 19.0 Å². The highest BCUT2D eigenvalue weighted by molar-refractivity contribution is 6.00. The van der Waals surface area contributed by atoms with E-state index < -0.39 is 41.1 Å². The van der Waals surface area contributed by atoms with Crippen molar-refractivity contribution in [3.05, 3.63) is 65.5 Å². The van der Waals surface area contributed by atoms with E-state index in [-0.39, 0.29) is 25.1 Å². The van der Waals surface area contributed by atoms with E-state index in [2.05, 4.69) is 10.9 Å². The van der Waals surface area contributed by atoms with Crippen molar-refractivity contribution in [1.82, 2.24) is 10.9 Å². The van der Waals surface area contributed by atoms with Crippen LogP contribution in [0.25, 0.3) is 0 Å². The van der Waals surface area contributed by atoms with E-state index in [9.17, 15) is 27.6 Å². The summed E-state index contributed by atoms with van der Waals surface area (Å²) in [5.74, 6) is -4.51. The Labute approximate surface area is 158 Å². The number of rotatable bonds is 4. The van der Waals surface area contributed by atoms with Crippen molar-refractivity contribution in [3.8, 4) is 0 Å². The first kappa shape index (κ1) is 19.4. The quantitative estimate of drug-likeness (QED) is 0.781. The molecule has 28 heavy (non-hydrogen) atoms. The highest BCUT2D eigenvalue weighted by Crippen LogP contribution is 2.27. The summed E-state index contributed by atoms with van der Waals surface area (Å²) in [6.45, 7) is -0.0962. The van der Waals surface area contributed by atoms with E-state index in [1.165, 1.54) is 24.3 Å². The van der Waals surface area contributed by atoms with E-state index in [1.54, 1.807) is 0 Å². The molecule has 2 aromatic carbocycles. The van der Waals surface area contributed by atoms with Crippen LogP contribution in [0, 0.1) is 23.4 Å². The van der Waals surface area contributed by atoms with Crippen molar-refractivity contribution in [2.45, 2.75) is 12.8 Å². The van der Waals surface area contributed by atoms with Gasteiger partial charge in [0.25, 0.3) is 0 Å². The van der Waals surface area contributed by atoms with Crippen molar-refractivity contribution in [1.29, 1.82) is 0 Å². The maximum absolute atomic E-state index is 13.9. The summed E-state index contributed by atoms with van der Waals surface area (Å²) in [6, 6.07) is 8.14. The molecular formula is C19H16F3N3O3. The Bertz CT molecular complexity index is 918. The van der Waals surface area contributed by atoms with Crippen LogP contribution in [-0.2, 0) is 20.8 Å². The highest BCUT2D eigenvalue weighted by Gasteiger charge is 2.36. The van der Waals surface area contributed by atoms with E-state index in [4.69, 9.17) is 0 Å². The molecule has 0 aliphatic carbocycles. The van der Waals surface area contributed by atoms with Crippen LogP contribution in [-0.4, -0.2) is 24.3 Å². The molecule has 1 aliphatic rings. The highest BCUT2D eigenvalue weighted by atomic mass is 19.1. The number of nitrogens with zero attached hydrogens (tertiary/aromatic N) is 1. The fourth-order valence-corrected chi connectivity index (χ4v) is 2.88. The lowest BCUT2D eigenvalue weighted by atomic mass is 10.1. The van der Waals surface area contributed by atoms with Gasteiger partial charge >= 0.3 is 0 Å². The first-order valence-electron chi connectivity index (χ1n) is 8.42. The van der Waals surface area contributed by atoms with E-state index in [1.807, 2.05) is 0 Å². The van der Waals surface area contributed by atoms with Gasteiger partial charge in [-0.15, -0.1) is 0 Å². The molecule has 1 fully saturated rings. The minimum absolute atomic E-state index is 0.0723. The Morgan fingerprint density at radius 3 is 2.36 bits per heavy atom. The first-order chi connectivity index (χ1) is 13.3. The summed E-state index contributed by atoms with van der Waals surface area (Å²) in [7, 11) is 0. The van der Waals surface area contributed by atoms with Gasteiger partial charge in [-0.25, -0.2) is 13.2 Å². The molecule has 3 rings (SSSR count). The summed E-state index contributed by atoms with van der Waals surface area (Å²) in [5.41, 5.74) is 4.90. The molecule has 1 aliphatic heterocycles. The zero-order chi connectivity index (χ0) is 20.3. The molecule has 0 spiro atoms. The zero-order valence-electron chi connectivity index (χ0n) is 14.5. The second-order valence-electron chi connectivity index (χ2n) is 6.34. The number of hydrazine groups is 1. The normalized spacial score (nSPS) is 16.2. The number of carbonyl (C=O) groups excluding carboxylic acids is 3. The van der Waals surface area contributed by atoms with Crippen LogP contribution in [0.3, 0.4) is 0 Å². The van der Waals surface area contributed by atoms with E-state index in [0.29, 0.717) is 11.6 Å². The van der Waals surface area contributed by atoms with Gasteiger partial charge in [0.1, 0.15) is 17.5 Å². The molecule has 1 saturated heterocycles. The monoisotopic (exact) mass is 391 g/mol. The molecule has 0 radical (unpaired) electrons. The van der Waals surface area contributed by atoms with Crippen LogP contribution in [0.1, 0.15) is 12.0 Å². The van der Waals surface area contributed by atoms with Gasteiger partial charge in [0.15, 0.2) is 0 Å². The number of nitrogens with one attached hydrogen (secondary N) is 2. The first-order valence-corrected chi connectivity index (χ1v) is 8.42. The Morgan fingerprint density at radius 2 is 1.68 bits per heavy atom. The molecule has 1 unspecified atom stereocenters. The summed E-state index contributed by atoms with van der Waals surface area (Å²) in [6.07, 6.45) is -0.243. The van der Waals surface area contributed by atoms with Gasteiger partial charge in [-0.3, -0.25) is 25.2 Å².